The van der Waals surface area contributed by atoms with Crippen LogP contribution in [-0.4, -0.2) is 77.6 Å². The molecule has 294 valence electrons. The molecule has 1 aromatic heterocycles. The van der Waals surface area contributed by atoms with Crippen molar-refractivity contribution in [1.82, 2.24) is 9.78 Å². The minimum atomic E-state index is -5.24. The average molecular weight is 999 g/mol. The van der Waals surface area contributed by atoms with Gasteiger partial charge in [-0.15, -0.1) is 0 Å². The Labute approximate surface area is 514 Å². The molecule has 0 radical (unpaired) electrons. The summed E-state index contributed by atoms with van der Waals surface area (Å²) in [6, 6.07) is 5.73. The number of allylic oxidation sites excluding steroid dienone is 4. The number of hydrogen-bond acceptors (Lipinski definition) is 22. The van der Waals surface area contributed by atoms with Crippen LogP contribution in [0.25, 0.3) is 11.8 Å². The minimum Gasteiger partial charge on any atom is -0.744 e. The second kappa shape index (κ2) is 28.6. The van der Waals surface area contributed by atoms with Crippen molar-refractivity contribution < 1.29 is 290 Å². The maximum Gasteiger partial charge on any atom is 1.00 e. The molecule has 0 saturated carbocycles. The van der Waals surface area contributed by atoms with Crippen LogP contribution in [0.3, 0.4) is 0 Å². The molecule has 0 atom stereocenters. The zero-order chi connectivity index (χ0) is 40.5. The largest absolute Gasteiger partial charge is 1.00 e. The van der Waals surface area contributed by atoms with Crippen molar-refractivity contribution in [3.05, 3.63) is 77.5 Å². The molecule has 0 aliphatic carbocycles. The number of benzene rings is 2. The molecule has 4 rings (SSSR count). The molecule has 2 aromatic carbocycles. The number of carbonyl (C=O) groups is 3. The van der Waals surface area contributed by atoms with Gasteiger partial charge in [0.15, 0.2) is 11.4 Å². The second-order valence-corrected chi connectivity index (χ2v) is 14.2. The molecule has 1 aliphatic heterocycles. The molecular formula is C29H22K4N4O18S4. The summed E-state index contributed by atoms with van der Waals surface area (Å²) in [6.07, 6.45) is 5.73. The Kier molecular flexibility index (Phi) is 29.3. The summed E-state index contributed by atoms with van der Waals surface area (Å²) in [5.74, 6) is -4.17. The zero-order valence-electron chi connectivity index (χ0n) is 31.6. The Morgan fingerprint density at radius 3 is 1.81 bits per heavy atom. The van der Waals surface area contributed by atoms with E-state index in [1.165, 1.54) is 32.1 Å². The van der Waals surface area contributed by atoms with Gasteiger partial charge in [0.1, 0.15) is 20.2 Å². The predicted octanol–water partition coefficient (Wildman–Crippen LogP) is -11.5. The Morgan fingerprint density at radius 2 is 1.31 bits per heavy atom. The van der Waals surface area contributed by atoms with Gasteiger partial charge >= 0.3 is 217 Å². The first kappa shape index (κ1) is 60.6. The van der Waals surface area contributed by atoms with Gasteiger partial charge in [-0.2, -0.15) is 28.6 Å². The van der Waals surface area contributed by atoms with Crippen LogP contribution in [0.5, 0.6) is 5.88 Å². The summed E-state index contributed by atoms with van der Waals surface area (Å²) >= 11 is 0.619. The number of carbonyl (C=O) groups excluding carboxylic acids is 3. The van der Waals surface area contributed by atoms with Gasteiger partial charge < -0.3 is 34.2 Å². The normalized spacial score (nSPS) is 13.4. The number of rotatable bonds is 17. The van der Waals surface area contributed by atoms with Crippen molar-refractivity contribution >= 4 is 79.6 Å². The van der Waals surface area contributed by atoms with Gasteiger partial charge in [-0.05, 0) is 62.4 Å². The van der Waals surface area contributed by atoms with Crippen LogP contribution in [-0.2, 0) is 58.0 Å². The monoisotopic (exact) mass is 998 g/mol. The fraction of sp³-hybridized carbons (Fsp3) is 0.138. The van der Waals surface area contributed by atoms with Crippen molar-refractivity contribution in [2.24, 2.45) is 5.10 Å². The molecule has 1 aliphatic rings. The van der Waals surface area contributed by atoms with Gasteiger partial charge in [0.05, 0.1) is 69.6 Å². The van der Waals surface area contributed by atoms with E-state index in [0.29, 0.717) is 33.8 Å². The molecule has 59 heavy (non-hydrogen) atoms. The third-order valence-electron chi connectivity index (χ3n) is 6.63. The summed E-state index contributed by atoms with van der Waals surface area (Å²) in [4.78, 5) is 37.3. The van der Waals surface area contributed by atoms with Gasteiger partial charge in [-0.1, -0.05) is 18.2 Å². The third-order valence-corrected chi connectivity index (χ3v) is 9.54. The molecule has 2 heterocycles. The van der Waals surface area contributed by atoms with E-state index >= 15 is 0 Å². The average Bonchev–Trinajstić information content (AvgIpc) is 3.64. The van der Waals surface area contributed by atoms with Crippen molar-refractivity contribution in [1.29, 1.82) is 0 Å². The molecule has 22 nitrogen and oxygen atoms in total. The van der Waals surface area contributed by atoms with E-state index in [9.17, 15) is 55.9 Å². The van der Waals surface area contributed by atoms with E-state index in [2.05, 4.69) is 28.9 Å². The van der Waals surface area contributed by atoms with Gasteiger partial charge in [-0.3, -0.25) is 14.9 Å². The topological polar surface area (TPSA) is 321 Å². The van der Waals surface area contributed by atoms with E-state index in [1.54, 1.807) is 0 Å². The van der Waals surface area contributed by atoms with Crippen LogP contribution in [0.4, 0.5) is 5.69 Å². The minimum absolute atomic E-state index is 0. The van der Waals surface area contributed by atoms with Crippen LogP contribution in [0.1, 0.15) is 29.9 Å². The summed E-state index contributed by atoms with van der Waals surface area (Å²) < 4.78 is 91.1. The van der Waals surface area contributed by atoms with Gasteiger partial charge in [0.25, 0.3) is 5.91 Å². The van der Waals surface area contributed by atoms with E-state index in [1.807, 2.05) is 0 Å². The fourth-order valence-corrected chi connectivity index (χ4v) is 6.55. The first-order valence-corrected chi connectivity index (χ1v) is 19.0. The Bertz CT molecular complexity index is 2340. The first-order valence-electron chi connectivity index (χ1n) is 14.7. The van der Waals surface area contributed by atoms with Crippen LogP contribution in [0.15, 0.2) is 91.0 Å². The van der Waals surface area contributed by atoms with E-state index < -0.39 is 82.1 Å². The standard InChI is InChI=1S/C29H26N4O18S4.4K/c1-3-46-28(36)24-18(26(34)32(30-24)20-14-16(52-50-48-38)10-12-22(20)54(40,41)42)8-6-5-7-9-19-25(29(37)47-4-2)31-33(27(19)35)21-15-17(53-51-49-39)11-13-23(21)55(43,44)45;;;;/h5-15,34,38-39H,3-4H2,1-2H3,(H,40,41,42)(H,43,44,45);;;;/q;4*+1/p-4/b7-5?,8-6?,19-9-;;;;. The number of hydrazone groups is 1. The van der Waals surface area contributed by atoms with E-state index in [0.717, 1.165) is 48.6 Å². The number of hydrogen-bond donors (Lipinski definition) is 1. The maximum atomic E-state index is 13.5. The molecule has 1 amide bonds. The summed E-state index contributed by atoms with van der Waals surface area (Å²) in [7, 11) is -10.5. The smallest absolute Gasteiger partial charge is 0.744 e. The number of ether oxygens (including phenoxy) is 2. The molecule has 30 heteroatoms. The number of anilines is 1. The second-order valence-electron chi connectivity index (χ2n) is 9.93. The maximum absolute atomic E-state index is 13.5. The Hall–Kier alpha value is 1.58. The quantitative estimate of drug-likeness (QED) is 0.0192. The number of amides is 1. The fourth-order valence-electron chi connectivity index (χ4n) is 4.50. The van der Waals surface area contributed by atoms with Crippen LogP contribution in [0, 0.1) is 0 Å². The molecule has 0 unspecified atom stereocenters. The van der Waals surface area contributed by atoms with Crippen molar-refractivity contribution in [2.45, 2.75) is 33.4 Å². The molecule has 0 bridgehead atoms. The molecule has 3 aromatic rings. The van der Waals surface area contributed by atoms with Crippen LogP contribution >= 0.6 is 24.1 Å². The molecule has 0 spiro atoms. The Morgan fingerprint density at radius 1 is 0.797 bits per heavy atom. The summed E-state index contributed by atoms with van der Waals surface area (Å²) in [5, 5.41) is 46.5. The number of esters is 2. The number of aromatic hydroxyl groups is 1. The Balaban J connectivity index is 0.00000841. The molecule has 0 fully saturated rings. The van der Waals surface area contributed by atoms with E-state index in [-0.39, 0.29) is 234 Å². The predicted molar refractivity (Wildman–Crippen MR) is 177 cm³/mol. The van der Waals surface area contributed by atoms with Gasteiger partial charge in [-0.25, -0.2) is 26.4 Å². The zero-order valence-corrected chi connectivity index (χ0v) is 47.3. The first-order chi connectivity index (χ1) is 26.1. The molecular weight excluding hydrogens is 977 g/mol. The summed E-state index contributed by atoms with van der Waals surface area (Å²) in [5.41, 5.74) is -3.13. The van der Waals surface area contributed by atoms with Crippen molar-refractivity contribution in [2.75, 3.05) is 18.2 Å². The SMILES string of the molecule is CCOC(=O)C1=NN(c2cc(SOO[O-])ccc2S(=O)(=O)[O-])C(=O)/C1=C\C=CC=Cc1c(C(=O)OCC)nn(-c2cc(SOO[O-])ccc2S(=O)(=O)[O-])c1O.[K+].[K+].[K+].[K+]. The third kappa shape index (κ3) is 16.4. The number of nitrogens with zero attached hydrogens (tertiary/aromatic N) is 4. The molecule has 1 N–H and O–H groups in total. The molecule has 0 saturated heterocycles. The number of aromatic nitrogens is 2. The van der Waals surface area contributed by atoms with Gasteiger partial charge in [0, 0.05) is 9.79 Å². The van der Waals surface area contributed by atoms with Crippen LogP contribution in [0.2, 0.25) is 0 Å². The van der Waals surface area contributed by atoms with Crippen molar-refractivity contribution in [3.63, 3.8) is 0 Å². The van der Waals surface area contributed by atoms with Gasteiger partial charge in [0.2, 0.25) is 5.88 Å². The van der Waals surface area contributed by atoms with Crippen molar-refractivity contribution in [3.8, 4) is 11.6 Å². The van der Waals surface area contributed by atoms with Crippen LogP contribution < -0.4 is 221 Å². The van der Waals surface area contributed by atoms with E-state index in [4.69, 9.17) is 9.47 Å². The summed E-state index contributed by atoms with van der Waals surface area (Å²) in [6.45, 7) is 2.61.